The van der Waals surface area contributed by atoms with Crippen molar-refractivity contribution in [3.8, 4) is 0 Å². The topological polar surface area (TPSA) is 21.3 Å². The average molecular weight is 213 g/mol. The van der Waals surface area contributed by atoms with Crippen LogP contribution in [0.5, 0.6) is 0 Å². The molecule has 2 unspecified atom stereocenters. The predicted molar refractivity (Wildman–Crippen MR) is 65.1 cm³/mol. The van der Waals surface area contributed by atoms with Crippen molar-refractivity contribution in [3.63, 3.8) is 0 Å². The molecule has 15 heavy (non-hydrogen) atoms. The fourth-order valence-corrected chi connectivity index (χ4v) is 2.42. The molecule has 0 saturated heterocycles. The maximum absolute atomic E-state index is 5.67. The van der Waals surface area contributed by atoms with Gasteiger partial charge in [0.05, 0.1) is 0 Å². The smallest absolute Gasteiger partial charge is 0.0469 e. The predicted octanol–water partition coefficient (Wildman–Crippen LogP) is 2.83. The summed E-state index contributed by atoms with van der Waals surface area (Å²) in [6.07, 6.45) is 6.57. The molecule has 0 amide bonds. The van der Waals surface area contributed by atoms with Crippen LogP contribution in [-0.2, 0) is 4.74 Å². The summed E-state index contributed by atoms with van der Waals surface area (Å²) in [5, 5.41) is 3.42. The van der Waals surface area contributed by atoms with Crippen molar-refractivity contribution in [2.75, 3.05) is 20.3 Å². The molecule has 0 aliphatic heterocycles. The van der Waals surface area contributed by atoms with Gasteiger partial charge in [0.25, 0.3) is 0 Å². The third kappa shape index (κ3) is 4.98. The quantitative estimate of drug-likeness (QED) is 0.657. The van der Waals surface area contributed by atoms with E-state index in [0.29, 0.717) is 0 Å². The van der Waals surface area contributed by atoms with Gasteiger partial charge in [0.15, 0.2) is 0 Å². The van der Waals surface area contributed by atoms with Crippen molar-refractivity contribution in [2.24, 2.45) is 11.8 Å². The molecule has 0 aromatic heterocycles. The highest BCUT2D eigenvalue weighted by molar-refractivity contribution is 4.81. The van der Waals surface area contributed by atoms with E-state index in [9.17, 15) is 0 Å². The first-order valence-corrected chi connectivity index (χ1v) is 6.49. The summed E-state index contributed by atoms with van der Waals surface area (Å²) in [5.41, 5.74) is 0. The molecule has 2 heteroatoms. The summed E-state index contributed by atoms with van der Waals surface area (Å²) in [6, 6.07) is 0.749. The first-order chi connectivity index (χ1) is 7.24. The van der Waals surface area contributed by atoms with Crippen molar-refractivity contribution < 1.29 is 4.74 Å². The Bertz CT molecular complexity index is 159. The lowest BCUT2D eigenvalue weighted by atomic mass is 10.0. The molecule has 0 bridgehead atoms. The van der Waals surface area contributed by atoms with Gasteiger partial charge in [-0.1, -0.05) is 20.3 Å². The van der Waals surface area contributed by atoms with Gasteiger partial charge in [0.2, 0.25) is 0 Å². The van der Waals surface area contributed by atoms with E-state index in [1.165, 1.54) is 32.1 Å². The van der Waals surface area contributed by atoms with Crippen molar-refractivity contribution >= 4 is 0 Å². The Morgan fingerprint density at radius 1 is 1.27 bits per heavy atom. The highest BCUT2D eigenvalue weighted by Gasteiger charge is 2.24. The van der Waals surface area contributed by atoms with Gasteiger partial charge >= 0.3 is 0 Å². The minimum Gasteiger partial charge on any atom is -0.381 e. The Morgan fingerprint density at radius 2 is 2.07 bits per heavy atom. The van der Waals surface area contributed by atoms with Gasteiger partial charge < -0.3 is 10.1 Å². The van der Waals surface area contributed by atoms with Crippen LogP contribution in [0.1, 0.15) is 46.0 Å². The number of hydrogen-bond donors (Lipinski definition) is 1. The Hall–Kier alpha value is -0.0800. The molecule has 1 saturated carbocycles. The first kappa shape index (κ1) is 13.0. The monoisotopic (exact) mass is 213 g/mol. The van der Waals surface area contributed by atoms with Crippen LogP contribution in [0, 0.1) is 11.8 Å². The molecule has 0 aromatic carbocycles. The van der Waals surface area contributed by atoms with Crippen LogP contribution >= 0.6 is 0 Å². The average Bonchev–Trinajstić information content (AvgIpc) is 2.64. The first-order valence-electron chi connectivity index (χ1n) is 6.49. The van der Waals surface area contributed by atoms with E-state index in [0.717, 1.165) is 31.1 Å². The van der Waals surface area contributed by atoms with Gasteiger partial charge in [-0.25, -0.2) is 0 Å². The van der Waals surface area contributed by atoms with Gasteiger partial charge in [-0.05, 0) is 44.6 Å². The lowest BCUT2D eigenvalue weighted by Gasteiger charge is -2.18. The molecule has 0 heterocycles. The van der Waals surface area contributed by atoms with E-state index in [1.54, 1.807) is 0 Å². The van der Waals surface area contributed by atoms with E-state index < -0.39 is 0 Å². The number of rotatable bonds is 7. The van der Waals surface area contributed by atoms with Crippen molar-refractivity contribution in [1.82, 2.24) is 5.32 Å². The summed E-state index contributed by atoms with van der Waals surface area (Å²) in [5.74, 6) is 1.62. The van der Waals surface area contributed by atoms with Crippen LogP contribution in [0.15, 0.2) is 0 Å². The van der Waals surface area contributed by atoms with Crippen LogP contribution in [-0.4, -0.2) is 26.3 Å². The molecule has 90 valence electrons. The summed E-state index contributed by atoms with van der Waals surface area (Å²) < 4.78 is 5.67. The largest absolute Gasteiger partial charge is 0.381 e. The second kappa shape index (κ2) is 7.24. The van der Waals surface area contributed by atoms with E-state index in [-0.39, 0.29) is 0 Å². The minimum atomic E-state index is 0.749. The summed E-state index contributed by atoms with van der Waals surface area (Å²) in [6.45, 7) is 6.39. The second-order valence-electron chi connectivity index (χ2n) is 5.17. The zero-order chi connectivity index (χ0) is 11.1. The number of hydrogen-bond acceptors (Lipinski definition) is 2. The fourth-order valence-electron chi connectivity index (χ4n) is 2.42. The molecule has 1 rings (SSSR count). The summed E-state index contributed by atoms with van der Waals surface area (Å²) >= 11 is 0. The SMILES string of the molecule is CNC1CCCC1CCOCCC(C)C. The van der Waals surface area contributed by atoms with E-state index >= 15 is 0 Å². The van der Waals surface area contributed by atoms with Crippen LogP contribution < -0.4 is 5.32 Å². The highest BCUT2D eigenvalue weighted by Crippen LogP contribution is 2.27. The third-order valence-electron chi connectivity index (χ3n) is 3.50. The molecule has 1 fully saturated rings. The van der Waals surface area contributed by atoms with E-state index in [1.807, 2.05) is 0 Å². The van der Waals surface area contributed by atoms with Crippen molar-refractivity contribution in [3.05, 3.63) is 0 Å². The molecule has 0 radical (unpaired) electrons. The zero-order valence-corrected chi connectivity index (χ0v) is 10.6. The zero-order valence-electron chi connectivity index (χ0n) is 10.6. The minimum absolute atomic E-state index is 0.749. The van der Waals surface area contributed by atoms with Gasteiger partial charge in [-0.15, -0.1) is 0 Å². The van der Waals surface area contributed by atoms with Gasteiger partial charge in [0.1, 0.15) is 0 Å². The Morgan fingerprint density at radius 3 is 2.73 bits per heavy atom. The van der Waals surface area contributed by atoms with Crippen molar-refractivity contribution in [1.29, 1.82) is 0 Å². The van der Waals surface area contributed by atoms with E-state index in [2.05, 4.69) is 26.2 Å². The van der Waals surface area contributed by atoms with Crippen molar-refractivity contribution in [2.45, 2.75) is 52.0 Å². The molecule has 0 aromatic rings. The third-order valence-corrected chi connectivity index (χ3v) is 3.50. The van der Waals surface area contributed by atoms with Crippen LogP contribution in [0.2, 0.25) is 0 Å². The number of ether oxygens (including phenoxy) is 1. The molecule has 2 atom stereocenters. The van der Waals surface area contributed by atoms with Crippen LogP contribution in [0.3, 0.4) is 0 Å². The highest BCUT2D eigenvalue weighted by atomic mass is 16.5. The number of nitrogens with one attached hydrogen (secondary N) is 1. The Labute approximate surface area is 94.8 Å². The standard InChI is InChI=1S/C13H27NO/c1-11(2)7-9-15-10-8-12-5-4-6-13(12)14-3/h11-14H,4-10H2,1-3H3. The van der Waals surface area contributed by atoms with Gasteiger partial charge in [0, 0.05) is 19.3 Å². The molecular formula is C13H27NO. The van der Waals surface area contributed by atoms with E-state index in [4.69, 9.17) is 4.74 Å². The molecule has 2 nitrogen and oxygen atoms in total. The van der Waals surface area contributed by atoms with Gasteiger partial charge in [-0.2, -0.15) is 0 Å². The summed E-state index contributed by atoms with van der Waals surface area (Å²) in [4.78, 5) is 0. The maximum Gasteiger partial charge on any atom is 0.0469 e. The Balaban J connectivity index is 1.99. The lowest BCUT2D eigenvalue weighted by Crippen LogP contribution is -2.29. The summed E-state index contributed by atoms with van der Waals surface area (Å²) in [7, 11) is 2.09. The second-order valence-corrected chi connectivity index (χ2v) is 5.17. The molecule has 1 N–H and O–H groups in total. The van der Waals surface area contributed by atoms with Crippen LogP contribution in [0.25, 0.3) is 0 Å². The van der Waals surface area contributed by atoms with Gasteiger partial charge in [-0.3, -0.25) is 0 Å². The molecule has 1 aliphatic rings. The molecule has 0 spiro atoms. The molecule has 1 aliphatic carbocycles. The lowest BCUT2D eigenvalue weighted by molar-refractivity contribution is 0.108. The fraction of sp³-hybridized carbons (Fsp3) is 1.00. The van der Waals surface area contributed by atoms with Crippen LogP contribution in [0.4, 0.5) is 0 Å². The molecular weight excluding hydrogens is 186 g/mol. The maximum atomic E-state index is 5.67. The normalized spacial score (nSPS) is 26.4. The Kier molecular flexibility index (Phi) is 6.26.